The number of aliphatic carboxylic acids is 1. The maximum Gasteiger partial charge on any atom is 0.408 e. The van der Waals surface area contributed by atoms with Gasteiger partial charge in [-0.1, -0.05) is 37.1 Å². The average molecular weight is 495 g/mol. The van der Waals surface area contributed by atoms with Gasteiger partial charge in [-0.3, -0.25) is 10.1 Å². The molecule has 2 rings (SSSR count). The number of hydrogen-bond donors (Lipinski definition) is 4. The van der Waals surface area contributed by atoms with Crippen LogP contribution >= 0.6 is 11.6 Å². The van der Waals surface area contributed by atoms with Crippen LogP contribution in [0.3, 0.4) is 0 Å². The summed E-state index contributed by atoms with van der Waals surface area (Å²) in [5.74, 6) is -1.66. The third-order valence-corrected chi connectivity index (χ3v) is 5.04. The van der Waals surface area contributed by atoms with E-state index >= 15 is 0 Å². The van der Waals surface area contributed by atoms with E-state index < -0.39 is 29.6 Å². The number of carboxylic acid groups (broad SMARTS) is 1. The largest absolute Gasteiger partial charge is 0.479 e. The van der Waals surface area contributed by atoms with Crippen LogP contribution < -0.4 is 10.6 Å². The van der Waals surface area contributed by atoms with E-state index in [1.807, 2.05) is 4.57 Å². The number of rotatable bonds is 10. The van der Waals surface area contributed by atoms with Crippen LogP contribution in [0.25, 0.3) is 0 Å². The molecule has 0 radical (unpaired) electrons. The Morgan fingerprint density at radius 2 is 1.85 bits per heavy atom. The Kier molecular flexibility index (Phi) is 9.46. The van der Waals surface area contributed by atoms with Crippen LogP contribution in [-0.4, -0.2) is 49.4 Å². The number of aromatic nitrogens is 2. The number of imidazole rings is 1. The summed E-state index contributed by atoms with van der Waals surface area (Å²) in [6, 6.07) is 4.91. The van der Waals surface area contributed by atoms with Gasteiger partial charge in [0.2, 0.25) is 6.04 Å². The molecule has 0 aliphatic heterocycles. The highest BCUT2D eigenvalue weighted by Gasteiger charge is 2.30. The minimum atomic E-state index is -1.82. The molecule has 0 fully saturated rings. The first-order valence-electron chi connectivity index (χ1n) is 10.9. The number of benzene rings is 1. The summed E-state index contributed by atoms with van der Waals surface area (Å²) in [5.41, 5.74) is 0.901. The maximum absolute atomic E-state index is 12.4. The minimum absolute atomic E-state index is 0.243. The first-order valence-corrected chi connectivity index (χ1v) is 11.3. The SMILES string of the molecule is CCCCc1nc(Cl)c(CO)n1Cc1ccc(NC(=O)C(NC(=O)OC(C)(C)C)C(=O)O)cc1. The number of aliphatic hydroxyl groups is 1. The molecule has 0 aliphatic carbocycles. The van der Waals surface area contributed by atoms with Crippen LogP contribution in [0.5, 0.6) is 0 Å². The Morgan fingerprint density at radius 1 is 1.21 bits per heavy atom. The van der Waals surface area contributed by atoms with Gasteiger partial charge in [0.25, 0.3) is 5.91 Å². The van der Waals surface area contributed by atoms with Crippen molar-refractivity contribution in [3.8, 4) is 0 Å². The zero-order valence-electron chi connectivity index (χ0n) is 19.7. The minimum Gasteiger partial charge on any atom is -0.479 e. The Balaban J connectivity index is 2.10. The zero-order valence-corrected chi connectivity index (χ0v) is 20.5. The van der Waals surface area contributed by atoms with Crippen molar-refractivity contribution >= 4 is 35.3 Å². The fraction of sp³-hybridized carbons (Fsp3) is 0.478. The number of hydrogen-bond acceptors (Lipinski definition) is 6. The smallest absolute Gasteiger partial charge is 0.408 e. The molecule has 4 N–H and O–H groups in total. The molecule has 0 spiro atoms. The molecule has 2 aromatic rings. The first kappa shape index (κ1) is 27.1. The number of ether oxygens (including phenoxy) is 1. The van der Waals surface area contributed by atoms with Gasteiger partial charge < -0.3 is 24.8 Å². The Hall–Kier alpha value is -3.11. The molecule has 2 amide bonds. The van der Waals surface area contributed by atoms with E-state index in [1.54, 1.807) is 45.0 Å². The molecule has 1 atom stereocenters. The van der Waals surface area contributed by atoms with Crippen molar-refractivity contribution in [2.45, 2.75) is 71.8 Å². The summed E-state index contributed by atoms with van der Waals surface area (Å²) < 4.78 is 6.89. The number of anilines is 1. The zero-order chi connectivity index (χ0) is 25.5. The van der Waals surface area contributed by atoms with Gasteiger partial charge in [0.1, 0.15) is 11.4 Å². The van der Waals surface area contributed by atoms with Crippen molar-refractivity contribution in [1.82, 2.24) is 14.9 Å². The van der Waals surface area contributed by atoms with E-state index in [4.69, 9.17) is 16.3 Å². The predicted octanol–water partition coefficient (Wildman–Crippen LogP) is 3.34. The van der Waals surface area contributed by atoms with Crippen LogP contribution in [0.2, 0.25) is 5.15 Å². The Morgan fingerprint density at radius 3 is 2.38 bits per heavy atom. The van der Waals surface area contributed by atoms with Gasteiger partial charge in [0.05, 0.1) is 12.3 Å². The summed E-state index contributed by atoms with van der Waals surface area (Å²) in [6.07, 6.45) is 1.65. The molecule has 0 aliphatic rings. The van der Waals surface area contributed by atoms with Gasteiger partial charge in [0.15, 0.2) is 5.15 Å². The third kappa shape index (κ3) is 7.74. The van der Waals surface area contributed by atoms with Crippen molar-refractivity contribution in [2.24, 2.45) is 0 Å². The molecular weight excluding hydrogens is 464 g/mol. The van der Waals surface area contributed by atoms with Gasteiger partial charge in [-0.2, -0.15) is 0 Å². The molecule has 0 saturated carbocycles. The molecule has 0 saturated heterocycles. The fourth-order valence-electron chi connectivity index (χ4n) is 3.12. The molecule has 1 heterocycles. The normalized spacial score (nSPS) is 12.2. The van der Waals surface area contributed by atoms with E-state index in [9.17, 15) is 24.6 Å². The van der Waals surface area contributed by atoms with Gasteiger partial charge in [-0.15, -0.1) is 0 Å². The van der Waals surface area contributed by atoms with E-state index in [0.717, 1.165) is 30.7 Å². The number of unbranched alkanes of at least 4 members (excludes halogenated alkanes) is 1. The Labute approximate surface area is 203 Å². The van der Waals surface area contributed by atoms with Gasteiger partial charge in [-0.05, 0) is 44.9 Å². The number of halogens is 1. The molecular formula is C23H31ClN4O6. The summed E-state index contributed by atoms with van der Waals surface area (Å²) in [7, 11) is 0. The molecule has 0 bridgehead atoms. The lowest BCUT2D eigenvalue weighted by Gasteiger charge is -2.21. The summed E-state index contributed by atoms with van der Waals surface area (Å²) >= 11 is 6.18. The highest BCUT2D eigenvalue weighted by Crippen LogP contribution is 2.21. The molecule has 1 unspecified atom stereocenters. The van der Waals surface area contributed by atoms with E-state index in [1.165, 1.54) is 0 Å². The number of carbonyl (C=O) groups excluding carboxylic acids is 2. The summed E-state index contributed by atoms with van der Waals surface area (Å²) in [4.78, 5) is 40.2. The van der Waals surface area contributed by atoms with Gasteiger partial charge in [0, 0.05) is 18.7 Å². The van der Waals surface area contributed by atoms with Crippen molar-refractivity contribution in [3.63, 3.8) is 0 Å². The van der Waals surface area contributed by atoms with E-state index in [2.05, 4.69) is 22.5 Å². The van der Waals surface area contributed by atoms with Crippen molar-refractivity contribution < 1.29 is 29.3 Å². The van der Waals surface area contributed by atoms with Gasteiger partial charge >= 0.3 is 12.1 Å². The predicted molar refractivity (Wildman–Crippen MR) is 127 cm³/mol. The standard InChI is InChI=1S/C23H31ClN4O6/c1-5-6-7-17-26-19(24)16(13-29)28(17)12-14-8-10-15(11-9-14)25-20(30)18(21(31)32)27-22(33)34-23(2,3)4/h8-11,18,29H,5-7,12-13H2,1-4H3,(H,25,30)(H,27,33)(H,31,32). The van der Waals surface area contributed by atoms with Crippen LogP contribution in [0.15, 0.2) is 24.3 Å². The second-order valence-corrected chi connectivity index (χ2v) is 9.08. The number of aryl methyl sites for hydroxylation is 1. The monoisotopic (exact) mass is 494 g/mol. The van der Waals surface area contributed by atoms with Crippen LogP contribution in [0, 0.1) is 0 Å². The first-order chi connectivity index (χ1) is 15.9. The lowest BCUT2D eigenvalue weighted by molar-refractivity contribution is -0.142. The average Bonchev–Trinajstić information content (AvgIpc) is 3.04. The fourth-order valence-corrected chi connectivity index (χ4v) is 3.38. The van der Waals surface area contributed by atoms with Crippen molar-refractivity contribution in [3.05, 3.63) is 46.5 Å². The van der Waals surface area contributed by atoms with Crippen LogP contribution in [0.1, 0.15) is 57.6 Å². The number of amides is 2. The topological polar surface area (TPSA) is 143 Å². The highest BCUT2D eigenvalue weighted by atomic mass is 35.5. The number of alkyl carbamates (subject to hydrolysis) is 1. The van der Waals surface area contributed by atoms with Crippen LogP contribution in [-0.2, 0) is 33.9 Å². The maximum atomic E-state index is 12.4. The molecule has 1 aromatic heterocycles. The molecule has 186 valence electrons. The molecule has 1 aromatic carbocycles. The number of carbonyl (C=O) groups is 3. The second kappa shape index (κ2) is 11.8. The quantitative estimate of drug-likeness (QED) is 0.371. The summed E-state index contributed by atoms with van der Waals surface area (Å²) in [6.45, 7) is 7.12. The number of carboxylic acids is 1. The molecule has 34 heavy (non-hydrogen) atoms. The number of aliphatic hydroxyl groups excluding tert-OH is 1. The Bertz CT molecular complexity index is 1010. The summed E-state index contributed by atoms with van der Waals surface area (Å²) in [5, 5.41) is 23.9. The second-order valence-electron chi connectivity index (χ2n) is 8.72. The molecule has 10 nitrogen and oxygen atoms in total. The lowest BCUT2D eigenvalue weighted by atomic mass is 10.1. The van der Waals surface area contributed by atoms with Crippen LogP contribution in [0.4, 0.5) is 10.5 Å². The number of nitrogens with one attached hydrogen (secondary N) is 2. The molecule has 11 heteroatoms. The lowest BCUT2D eigenvalue weighted by Crippen LogP contribution is -2.50. The van der Waals surface area contributed by atoms with Crippen molar-refractivity contribution in [1.29, 1.82) is 0 Å². The van der Waals surface area contributed by atoms with Gasteiger partial charge in [-0.25, -0.2) is 14.6 Å². The van der Waals surface area contributed by atoms with E-state index in [0.29, 0.717) is 17.9 Å². The van der Waals surface area contributed by atoms with Crippen molar-refractivity contribution in [2.75, 3.05) is 5.32 Å². The number of nitrogens with zero attached hydrogens (tertiary/aromatic N) is 2. The van der Waals surface area contributed by atoms with E-state index in [-0.39, 0.29) is 11.8 Å². The highest BCUT2D eigenvalue weighted by molar-refractivity contribution is 6.30. The third-order valence-electron chi connectivity index (χ3n) is 4.74.